The number of aryl methyl sites for hydroxylation is 1. The van der Waals surface area contributed by atoms with Gasteiger partial charge in [-0.3, -0.25) is 9.58 Å². The van der Waals surface area contributed by atoms with E-state index in [1.807, 2.05) is 6.92 Å². The number of hydrogen-bond acceptors (Lipinski definition) is 3. The van der Waals surface area contributed by atoms with Crippen LogP contribution in [0.1, 0.15) is 6.92 Å². The maximum Gasteiger partial charge on any atom is 0.322 e. The van der Waals surface area contributed by atoms with Gasteiger partial charge in [0.25, 0.3) is 6.43 Å². The van der Waals surface area contributed by atoms with Gasteiger partial charge < -0.3 is 10.2 Å². The highest BCUT2D eigenvalue weighted by atomic mass is 19.3. The molecule has 0 saturated carbocycles. The Labute approximate surface area is 116 Å². The number of alkyl halides is 2. The van der Waals surface area contributed by atoms with Crippen molar-refractivity contribution in [2.24, 2.45) is 0 Å². The van der Waals surface area contributed by atoms with Crippen LogP contribution in [0.4, 0.5) is 19.3 Å². The number of carbonyl (C=O) groups is 1. The minimum absolute atomic E-state index is 0.211. The third kappa shape index (κ3) is 3.89. The number of aromatic nitrogens is 2. The molecule has 0 spiro atoms. The molecule has 1 aliphatic rings. The molecular weight excluding hydrogens is 268 g/mol. The van der Waals surface area contributed by atoms with Crippen LogP contribution in [0.2, 0.25) is 0 Å². The van der Waals surface area contributed by atoms with Crippen LogP contribution in [0.25, 0.3) is 0 Å². The standard InChI is InChI=1S/C12H19F2N5O/c1-2-19-8-10(7-15-19)16-12(20)18-5-3-17(4-6-18)9-11(13)14/h7-8,11H,2-6,9H2,1H3,(H,16,20). The molecule has 2 heterocycles. The first-order chi connectivity index (χ1) is 9.58. The number of nitrogens with zero attached hydrogens (tertiary/aromatic N) is 4. The largest absolute Gasteiger partial charge is 0.322 e. The van der Waals surface area contributed by atoms with Crippen LogP contribution in [0.3, 0.4) is 0 Å². The molecule has 0 atom stereocenters. The molecule has 2 amide bonds. The maximum atomic E-state index is 12.3. The molecular formula is C12H19F2N5O. The van der Waals surface area contributed by atoms with E-state index in [1.54, 1.807) is 26.9 Å². The van der Waals surface area contributed by atoms with Gasteiger partial charge in [0.1, 0.15) is 0 Å². The summed E-state index contributed by atoms with van der Waals surface area (Å²) in [6.45, 7) is 4.35. The van der Waals surface area contributed by atoms with Crippen molar-refractivity contribution in [3.8, 4) is 0 Å². The number of urea groups is 1. The lowest BCUT2D eigenvalue weighted by molar-refractivity contribution is 0.0651. The molecule has 1 saturated heterocycles. The zero-order chi connectivity index (χ0) is 14.5. The average Bonchev–Trinajstić information content (AvgIpc) is 2.86. The lowest BCUT2D eigenvalue weighted by Crippen LogP contribution is -2.50. The summed E-state index contributed by atoms with van der Waals surface area (Å²) in [4.78, 5) is 15.3. The Morgan fingerprint density at radius 2 is 2.10 bits per heavy atom. The number of anilines is 1. The first-order valence-corrected chi connectivity index (χ1v) is 6.67. The summed E-state index contributed by atoms with van der Waals surface area (Å²) in [5.41, 5.74) is 0.645. The van der Waals surface area contributed by atoms with Gasteiger partial charge in [0.2, 0.25) is 0 Å². The molecule has 20 heavy (non-hydrogen) atoms. The van der Waals surface area contributed by atoms with Gasteiger partial charge in [-0.1, -0.05) is 0 Å². The smallest absolute Gasteiger partial charge is 0.322 e. The fraction of sp³-hybridized carbons (Fsp3) is 0.667. The number of halogens is 2. The summed E-state index contributed by atoms with van der Waals surface area (Å²) < 4.78 is 26.2. The highest BCUT2D eigenvalue weighted by molar-refractivity contribution is 5.89. The highest BCUT2D eigenvalue weighted by Gasteiger charge is 2.22. The van der Waals surface area contributed by atoms with E-state index in [0.29, 0.717) is 31.9 Å². The van der Waals surface area contributed by atoms with Crippen molar-refractivity contribution in [1.82, 2.24) is 19.6 Å². The Hall–Kier alpha value is -1.70. The lowest BCUT2D eigenvalue weighted by atomic mass is 10.3. The van der Waals surface area contributed by atoms with E-state index in [9.17, 15) is 13.6 Å². The van der Waals surface area contributed by atoms with Crippen molar-refractivity contribution >= 4 is 11.7 Å². The molecule has 6 nitrogen and oxygen atoms in total. The Bertz CT molecular complexity index is 443. The van der Waals surface area contributed by atoms with Crippen molar-refractivity contribution < 1.29 is 13.6 Å². The lowest BCUT2D eigenvalue weighted by Gasteiger charge is -2.34. The van der Waals surface area contributed by atoms with E-state index in [1.165, 1.54) is 0 Å². The fourth-order valence-electron chi connectivity index (χ4n) is 2.13. The molecule has 0 radical (unpaired) electrons. The highest BCUT2D eigenvalue weighted by Crippen LogP contribution is 2.09. The van der Waals surface area contributed by atoms with Crippen molar-refractivity contribution in [2.75, 3.05) is 38.0 Å². The second kappa shape index (κ2) is 6.65. The van der Waals surface area contributed by atoms with Gasteiger partial charge in [-0.15, -0.1) is 0 Å². The van der Waals surface area contributed by atoms with Crippen LogP contribution in [0.15, 0.2) is 12.4 Å². The molecule has 0 bridgehead atoms. The Balaban J connectivity index is 1.79. The minimum atomic E-state index is -2.32. The second-order valence-electron chi connectivity index (χ2n) is 4.69. The average molecular weight is 287 g/mol. The molecule has 112 valence electrons. The molecule has 8 heteroatoms. The van der Waals surface area contributed by atoms with Gasteiger partial charge >= 0.3 is 6.03 Å². The molecule has 1 N–H and O–H groups in total. The van der Waals surface area contributed by atoms with E-state index >= 15 is 0 Å². The molecule has 1 fully saturated rings. The number of nitrogens with one attached hydrogen (secondary N) is 1. The van der Waals surface area contributed by atoms with Crippen LogP contribution in [0, 0.1) is 0 Å². The van der Waals surface area contributed by atoms with Gasteiger partial charge in [0, 0.05) is 38.9 Å². The van der Waals surface area contributed by atoms with E-state index in [2.05, 4.69) is 10.4 Å². The third-order valence-electron chi connectivity index (χ3n) is 3.26. The molecule has 0 aromatic carbocycles. The van der Waals surface area contributed by atoms with E-state index in [-0.39, 0.29) is 12.6 Å². The van der Waals surface area contributed by atoms with Crippen LogP contribution in [0.5, 0.6) is 0 Å². The van der Waals surface area contributed by atoms with Crippen LogP contribution < -0.4 is 5.32 Å². The molecule has 1 aliphatic heterocycles. The van der Waals surface area contributed by atoms with Gasteiger partial charge in [-0.05, 0) is 6.92 Å². The molecule has 0 aliphatic carbocycles. The number of amides is 2. The Morgan fingerprint density at radius 1 is 1.40 bits per heavy atom. The van der Waals surface area contributed by atoms with Crippen LogP contribution in [-0.2, 0) is 6.54 Å². The SMILES string of the molecule is CCn1cc(NC(=O)N2CCN(CC(F)F)CC2)cn1. The summed E-state index contributed by atoms with van der Waals surface area (Å²) in [6, 6.07) is -0.211. The third-order valence-corrected chi connectivity index (χ3v) is 3.26. The van der Waals surface area contributed by atoms with E-state index in [4.69, 9.17) is 0 Å². The number of hydrogen-bond donors (Lipinski definition) is 1. The number of rotatable bonds is 4. The van der Waals surface area contributed by atoms with Gasteiger partial charge in [-0.2, -0.15) is 5.10 Å². The normalized spacial score (nSPS) is 16.7. The van der Waals surface area contributed by atoms with Crippen molar-refractivity contribution in [3.63, 3.8) is 0 Å². The molecule has 2 rings (SSSR count). The van der Waals surface area contributed by atoms with Gasteiger partial charge in [0.05, 0.1) is 18.4 Å². The van der Waals surface area contributed by atoms with Crippen LogP contribution >= 0.6 is 0 Å². The summed E-state index contributed by atoms with van der Waals surface area (Å²) in [7, 11) is 0. The zero-order valence-corrected chi connectivity index (χ0v) is 11.4. The summed E-state index contributed by atoms with van der Waals surface area (Å²) in [5.74, 6) is 0. The Morgan fingerprint density at radius 3 is 2.65 bits per heavy atom. The van der Waals surface area contributed by atoms with E-state index in [0.717, 1.165) is 6.54 Å². The monoisotopic (exact) mass is 287 g/mol. The van der Waals surface area contributed by atoms with Crippen LogP contribution in [-0.4, -0.2) is 64.8 Å². The molecule has 1 aromatic heterocycles. The topological polar surface area (TPSA) is 53.4 Å². The molecule has 0 unspecified atom stereocenters. The summed E-state index contributed by atoms with van der Waals surface area (Å²) in [5, 5.41) is 6.83. The quantitative estimate of drug-likeness (QED) is 0.908. The van der Waals surface area contributed by atoms with Crippen molar-refractivity contribution in [3.05, 3.63) is 12.4 Å². The second-order valence-corrected chi connectivity index (χ2v) is 4.69. The predicted molar refractivity (Wildman–Crippen MR) is 70.9 cm³/mol. The number of carbonyl (C=O) groups excluding carboxylic acids is 1. The number of piperazine rings is 1. The Kier molecular flexibility index (Phi) is 4.89. The summed E-state index contributed by atoms with van der Waals surface area (Å²) in [6.07, 6.45) is 1.02. The predicted octanol–water partition coefficient (Wildman–Crippen LogP) is 1.32. The van der Waals surface area contributed by atoms with Crippen molar-refractivity contribution in [1.29, 1.82) is 0 Å². The molecule has 1 aromatic rings. The first kappa shape index (κ1) is 14.7. The van der Waals surface area contributed by atoms with Crippen molar-refractivity contribution in [2.45, 2.75) is 19.9 Å². The summed E-state index contributed by atoms with van der Waals surface area (Å²) >= 11 is 0. The van der Waals surface area contributed by atoms with Gasteiger partial charge in [0.15, 0.2) is 0 Å². The minimum Gasteiger partial charge on any atom is -0.322 e. The van der Waals surface area contributed by atoms with E-state index < -0.39 is 6.43 Å². The first-order valence-electron chi connectivity index (χ1n) is 6.67. The van der Waals surface area contributed by atoms with Gasteiger partial charge in [-0.25, -0.2) is 13.6 Å². The fourth-order valence-corrected chi connectivity index (χ4v) is 2.13. The maximum absolute atomic E-state index is 12.3. The zero-order valence-electron chi connectivity index (χ0n) is 11.4.